The molecule has 4 heteroatoms. The summed E-state index contributed by atoms with van der Waals surface area (Å²) in [6.45, 7) is 5.92. The number of nitrogens with one attached hydrogen (secondary N) is 1. The van der Waals surface area contributed by atoms with Crippen LogP contribution in [0.2, 0.25) is 0 Å². The van der Waals surface area contributed by atoms with Crippen LogP contribution in [0.4, 0.5) is 0 Å². The molecule has 0 bridgehead atoms. The fourth-order valence-corrected chi connectivity index (χ4v) is 3.07. The van der Waals surface area contributed by atoms with Crippen molar-refractivity contribution in [2.45, 2.75) is 26.8 Å². The smallest absolute Gasteiger partial charge is 0.252 e. The summed E-state index contributed by atoms with van der Waals surface area (Å²) in [5.41, 5.74) is 1.13. The van der Waals surface area contributed by atoms with Gasteiger partial charge in [-0.15, -0.1) is 11.3 Å². The van der Waals surface area contributed by atoms with Gasteiger partial charge in [-0.2, -0.15) is 0 Å². The number of hydrogen-bond acceptors (Lipinski definition) is 3. The maximum absolute atomic E-state index is 12.4. The largest absolute Gasteiger partial charge is 0.508 e. The van der Waals surface area contributed by atoms with Crippen LogP contribution in [0.5, 0.6) is 5.75 Å². The first-order valence-corrected chi connectivity index (χ1v) is 7.51. The predicted molar refractivity (Wildman–Crippen MR) is 82.2 cm³/mol. The first-order chi connectivity index (χ1) is 9.50. The topological polar surface area (TPSA) is 49.3 Å². The fraction of sp³-hybridized carbons (Fsp3) is 0.312. The molecule has 1 aromatic carbocycles. The first-order valence-electron chi connectivity index (χ1n) is 6.63. The van der Waals surface area contributed by atoms with E-state index in [-0.39, 0.29) is 17.7 Å². The molecular weight excluding hydrogens is 270 g/mol. The highest BCUT2D eigenvalue weighted by molar-refractivity contribution is 7.10. The van der Waals surface area contributed by atoms with Gasteiger partial charge in [0.15, 0.2) is 0 Å². The molecule has 1 atom stereocenters. The Morgan fingerprint density at radius 3 is 2.60 bits per heavy atom. The van der Waals surface area contributed by atoms with E-state index in [1.54, 1.807) is 36.5 Å². The molecule has 0 fully saturated rings. The number of rotatable bonds is 4. The van der Waals surface area contributed by atoms with Gasteiger partial charge in [0, 0.05) is 16.0 Å². The number of carbonyl (C=O) groups is 1. The molecule has 1 amide bonds. The van der Waals surface area contributed by atoms with Crippen molar-refractivity contribution in [2.24, 2.45) is 5.92 Å². The number of aromatic hydroxyl groups is 1. The third kappa shape index (κ3) is 3.02. The molecule has 3 nitrogen and oxygen atoms in total. The standard InChI is InChI=1S/C16H19NO2S/c1-10(2)15(14-8-5-9-20-14)17-16(19)12-6-4-7-13(18)11(12)3/h4-10,15,18H,1-3H3,(H,17,19). The summed E-state index contributed by atoms with van der Waals surface area (Å²) in [5.74, 6) is 0.301. The van der Waals surface area contributed by atoms with E-state index in [1.807, 2.05) is 17.5 Å². The Morgan fingerprint density at radius 1 is 1.25 bits per heavy atom. The number of hydrogen-bond donors (Lipinski definition) is 2. The van der Waals surface area contributed by atoms with E-state index in [0.717, 1.165) is 4.88 Å². The van der Waals surface area contributed by atoms with Crippen molar-refractivity contribution in [3.8, 4) is 5.75 Å². The van der Waals surface area contributed by atoms with Gasteiger partial charge in [0.2, 0.25) is 0 Å². The fourth-order valence-electron chi connectivity index (χ4n) is 2.12. The molecule has 0 spiro atoms. The Morgan fingerprint density at radius 2 is 2.00 bits per heavy atom. The lowest BCUT2D eigenvalue weighted by Gasteiger charge is -2.22. The molecule has 0 aliphatic heterocycles. The van der Waals surface area contributed by atoms with Crippen molar-refractivity contribution in [2.75, 3.05) is 0 Å². The Hall–Kier alpha value is -1.81. The highest BCUT2D eigenvalue weighted by atomic mass is 32.1. The van der Waals surface area contributed by atoms with Gasteiger partial charge in [-0.25, -0.2) is 0 Å². The number of thiophene rings is 1. The van der Waals surface area contributed by atoms with Crippen LogP contribution in [-0.4, -0.2) is 11.0 Å². The molecule has 0 radical (unpaired) electrons. The summed E-state index contributed by atoms with van der Waals surface area (Å²) >= 11 is 1.64. The second-order valence-corrected chi connectivity index (χ2v) is 6.14. The van der Waals surface area contributed by atoms with E-state index < -0.39 is 0 Å². The van der Waals surface area contributed by atoms with E-state index in [9.17, 15) is 9.90 Å². The summed E-state index contributed by atoms with van der Waals surface area (Å²) < 4.78 is 0. The first kappa shape index (κ1) is 14.6. The second-order valence-electron chi connectivity index (χ2n) is 5.16. The summed E-state index contributed by atoms with van der Waals surface area (Å²) in [5, 5.41) is 14.8. The van der Waals surface area contributed by atoms with Crippen LogP contribution in [0.3, 0.4) is 0 Å². The number of phenolic OH excluding ortho intramolecular Hbond substituents is 1. The molecule has 0 aliphatic carbocycles. The molecule has 0 saturated heterocycles. The molecule has 1 heterocycles. The van der Waals surface area contributed by atoms with Gasteiger partial charge in [-0.3, -0.25) is 4.79 Å². The number of carbonyl (C=O) groups excluding carboxylic acids is 1. The van der Waals surface area contributed by atoms with Gasteiger partial charge in [0.1, 0.15) is 5.75 Å². The minimum atomic E-state index is -0.148. The Labute approximate surface area is 123 Å². The normalized spacial score (nSPS) is 12.4. The monoisotopic (exact) mass is 289 g/mol. The summed E-state index contributed by atoms with van der Waals surface area (Å²) in [7, 11) is 0. The van der Waals surface area contributed by atoms with Crippen molar-refractivity contribution in [1.82, 2.24) is 5.32 Å². The van der Waals surface area contributed by atoms with Gasteiger partial charge in [-0.05, 0) is 36.4 Å². The van der Waals surface area contributed by atoms with Gasteiger partial charge in [0.25, 0.3) is 5.91 Å². The van der Waals surface area contributed by atoms with Crippen molar-refractivity contribution < 1.29 is 9.90 Å². The van der Waals surface area contributed by atoms with Gasteiger partial charge >= 0.3 is 0 Å². The molecule has 2 rings (SSSR count). The molecule has 0 saturated carbocycles. The lowest BCUT2D eigenvalue weighted by atomic mass is 10.0. The Bertz CT molecular complexity index is 591. The molecule has 20 heavy (non-hydrogen) atoms. The summed E-state index contributed by atoms with van der Waals surface area (Å²) in [6, 6.07) is 9.02. The summed E-state index contributed by atoms with van der Waals surface area (Å²) in [4.78, 5) is 13.6. The van der Waals surface area contributed by atoms with E-state index >= 15 is 0 Å². The number of phenols is 1. The molecule has 106 valence electrons. The van der Waals surface area contributed by atoms with Crippen molar-refractivity contribution in [1.29, 1.82) is 0 Å². The Balaban J connectivity index is 2.23. The lowest BCUT2D eigenvalue weighted by molar-refractivity contribution is 0.0925. The van der Waals surface area contributed by atoms with Crippen LogP contribution in [-0.2, 0) is 0 Å². The van der Waals surface area contributed by atoms with Crippen LogP contribution < -0.4 is 5.32 Å². The van der Waals surface area contributed by atoms with Gasteiger partial charge in [-0.1, -0.05) is 26.0 Å². The van der Waals surface area contributed by atoms with Crippen LogP contribution >= 0.6 is 11.3 Å². The summed E-state index contributed by atoms with van der Waals surface area (Å²) in [6.07, 6.45) is 0. The maximum Gasteiger partial charge on any atom is 0.252 e. The third-order valence-electron chi connectivity index (χ3n) is 3.35. The van der Waals surface area contributed by atoms with Crippen LogP contribution in [0.1, 0.15) is 40.7 Å². The number of benzene rings is 1. The average Bonchev–Trinajstić information content (AvgIpc) is 2.92. The van der Waals surface area contributed by atoms with Crippen LogP contribution in [0.15, 0.2) is 35.7 Å². The highest BCUT2D eigenvalue weighted by Crippen LogP contribution is 2.27. The van der Waals surface area contributed by atoms with Crippen molar-refractivity contribution >= 4 is 17.2 Å². The van der Waals surface area contributed by atoms with Gasteiger partial charge in [0.05, 0.1) is 6.04 Å². The van der Waals surface area contributed by atoms with Crippen molar-refractivity contribution in [3.63, 3.8) is 0 Å². The zero-order chi connectivity index (χ0) is 14.7. The minimum absolute atomic E-state index is 0.00995. The molecule has 1 aromatic heterocycles. The molecular formula is C16H19NO2S. The molecule has 2 aromatic rings. The zero-order valence-electron chi connectivity index (χ0n) is 11.9. The van der Waals surface area contributed by atoms with Crippen LogP contribution in [0.25, 0.3) is 0 Å². The average molecular weight is 289 g/mol. The highest BCUT2D eigenvalue weighted by Gasteiger charge is 2.21. The van der Waals surface area contributed by atoms with E-state index in [4.69, 9.17) is 0 Å². The number of amides is 1. The lowest BCUT2D eigenvalue weighted by Crippen LogP contribution is -2.31. The predicted octanol–water partition coefficient (Wildman–Crippen LogP) is 3.89. The Kier molecular flexibility index (Phi) is 4.45. The van der Waals surface area contributed by atoms with E-state index in [2.05, 4.69) is 19.2 Å². The van der Waals surface area contributed by atoms with Crippen molar-refractivity contribution in [3.05, 3.63) is 51.7 Å². The van der Waals surface area contributed by atoms with Crippen LogP contribution in [0, 0.1) is 12.8 Å². The molecule has 0 aliphatic rings. The molecule has 2 N–H and O–H groups in total. The van der Waals surface area contributed by atoms with E-state index in [0.29, 0.717) is 17.0 Å². The van der Waals surface area contributed by atoms with Gasteiger partial charge < -0.3 is 10.4 Å². The molecule has 1 unspecified atom stereocenters. The zero-order valence-corrected chi connectivity index (χ0v) is 12.7. The minimum Gasteiger partial charge on any atom is -0.508 e. The van der Waals surface area contributed by atoms with E-state index in [1.165, 1.54) is 0 Å². The SMILES string of the molecule is Cc1c(O)cccc1C(=O)NC(c1cccs1)C(C)C. The maximum atomic E-state index is 12.4. The third-order valence-corrected chi connectivity index (χ3v) is 4.31. The second kappa shape index (κ2) is 6.09. The quantitative estimate of drug-likeness (QED) is 0.897.